The molecule has 1 amide bonds. The molecule has 0 fully saturated rings. The highest BCUT2D eigenvalue weighted by atomic mass is 16.2. The van der Waals surface area contributed by atoms with Crippen molar-refractivity contribution in [3.63, 3.8) is 0 Å². The Hall–Kier alpha value is -3.09. The molecule has 3 aromatic rings. The summed E-state index contributed by atoms with van der Waals surface area (Å²) in [5, 5.41) is 8.48. The predicted octanol–water partition coefficient (Wildman–Crippen LogP) is 1.39. The van der Waals surface area contributed by atoms with Crippen LogP contribution in [0.25, 0.3) is 11.4 Å². The number of hydrogen-bond acceptors (Lipinski definition) is 5. The number of nitrogens with zero attached hydrogens (tertiary/aromatic N) is 6. The van der Waals surface area contributed by atoms with Crippen molar-refractivity contribution in [1.82, 2.24) is 29.6 Å². The van der Waals surface area contributed by atoms with Gasteiger partial charge in [-0.1, -0.05) is 6.07 Å². The molecule has 4 heterocycles. The number of carbonyl (C=O) groups excluding carboxylic acids is 1. The largest absolute Gasteiger partial charge is 0.328 e. The smallest absolute Gasteiger partial charge is 0.272 e. The Morgan fingerprint density at radius 2 is 2.00 bits per heavy atom. The van der Waals surface area contributed by atoms with Crippen molar-refractivity contribution >= 4 is 5.91 Å². The summed E-state index contributed by atoms with van der Waals surface area (Å²) in [6.07, 6.45) is 5.12. The van der Waals surface area contributed by atoms with Crippen molar-refractivity contribution in [2.45, 2.75) is 13.1 Å². The van der Waals surface area contributed by atoms with E-state index in [0.29, 0.717) is 25.3 Å². The number of hydrogen-bond donors (Lipinski definition) is 0. The van der Waals surface area contributed by atoms with Gasteiger partial charge in [-0.25, -0.2) is 0 Å². The maximum atomic E-state index is 12.5. The minimum atomic E-state index is -0.0808. The molecule has 1 aliphatic heterocycles. The van der Waals surface area contributed by atoms with Crippen LogP contribution in [0.4, 0.5) is 0 Å². The molecule has 7 heteroatoms. The molecule has 1 aliphatic rings. The summed E-state index contributed by atoms with van der Waals surface area (Å²) < 4.78 is 2.04. The summed E-state index contributed by atoms with van der Waals surface area (Å²) in [4.78, 5) is 22.5. The van der Waals surface area contributed by atoms with Crippen LogP contribution in [0, 0.1) is 0 Å². The van der Waals surface area contributed by atoms with Crippen molar-refractivity contribution in [1.29, 1.82) is 0 Å². The van der Waals surface area contributed by atoms with Crippen molar-refractivity contribution in [2.75, 3.05) is 6.54 Å². The van der Waals surface area contributed by atoms with Gasteiger partial charge in [0.25, 0.3) is 5.91 Å². The average Bonchev–Trinajstić information content (AvgIpc) is 3.06. The summed E-state index contributed by atoms with van der Waals surface area (Å²) in [5.41, 5.74) is 1.38. The number of aromatic nitrogens is 5. The van der Waals surface area contributed by atoms with Gasteiger partial charge in [-0.05, 0) is 24.3 Å². The number of amides is 1. The topological polar surface area (TPSA) is 76.8 Å². The molecule has 114 valence electrons. The van der Waals surface area contributed by atoms with Gasteiger partial charge in [0.15, 0.2) is 11.6 Å². The van der Waals surface area contributed by atoms with Gasteiger partial charge in [0.05, 0.1) is 6.54 Å². The van der Waals surface area contributed by atoms with Crippen molar-refractivity contribution in [3.8, 4) is 11.4 Å². The zero-order chi connectivity index (χ0) is 15.6. The first-order chi connectivity index (χ1) is 11.3. The predicted molar refractivity (Wildman–Crippen MR) is 82.2 cm³/mol. The molecule has 0 atom stereocenters. The van der Waals surface area contributed by atoms with Gasteiger partial charge in [-0.15, -0.1) is 10.2 Å². The van der Waals surface area contributed by atoms with Crippen LogP contribution in [-0.4, -0.2) is 42.1 Å². The minimum Gasteiger partial charge on any atom is -0.328 e. The lowest BCUT2D eigenvalue weighted by Gasteiger charge is -2.27. The Labute approximate surface area is 132 Å². The highest BCUT2D eigenvalue weighted by Crippen LogP contribution is 2.21. The highest BCUT2D eigenvalue weighted by Gasteiger charge is 2.26. The Morgan fingerprint density at radius 3 is 2.78 bits per heavy atom. The van der Waals surface area contributed by atoms with Crippen LogP contribution in [-0.2, 0) is 13.1 Å². The molecule has 4 rings (SSSR count). The summed E-state index contributed by atoms with van der Waals surface area (Å²) in [5.74, 6) is 1.49. The quantitative estimate of drug-likeness (QED) is 0.715. The maximum absolute atomic E-state index is 12.5. The van der Waals surface area contributed by atoms with E-state index >= 15 is 0 Å². The zero-order valence-electron chi connectivity index (χ0n) is 12.3. The van der Waals surface area contributed by atoms with Gasteiger partial charge in [0, 0.05) is 37.2 Å². The van der Waals surface area contributed by atoms with Crippen LogP contribution in [0.5, 0.6) is 0 Å². The second-order valence-corrected chi connectivity index (χ2v) is 5.27. The molecule has 0 spiro atoms. The van der Waals surface area contributed by atoms with E-state index in [1.54, 1.807) is 35.6 Å². The van der Waals surface area contributed by atoms with Crippen LogP contribution in [0.1, 0.15) is 16.3 Å². The summed E-state index contributed by atoms with van der Waals surface area (Å²) >= 11 is 0. The van der Waals surface area contributed by atoms with Gasteiger partial charge in [-0.2, -0.15) is 0 Å². The molecule has 0 saturated carbocycles. The van der Waals surface area contributed by atoms with Crippen LogP contribution in [0.2, 0.25) is 0 Å². The Kier molecular flexibility index (Phi) is 3.30. The Morgan fingerprint density at radius 1 is 1.04 bits per heavy atom. The SMILES string of the molecule is O=C(c1ccccn1)N1CCn2c(nnc2-c2cccnc2)C1. The van der Waals surface area contributed by atoms with Gasteiger partial charge >= 0.3 is 0 Å². The summed E-state index contributed by atoms with van der Waals surface area (Å²) in [6.45, 7) is 1.70. The fourth-order valence-electron chi connectivity index (χ4n) is 2.69. The number of fused-ring (bicyclic) bond motifs is 1. The standard InChI is InChI=1S/C16H14N6O/c23-16(13-5-1-2-7-18-13)21-8-9-22-14(11-21)19-20-15(22)12-4-3-6-17-10-12/h1-7,10H,8-9,11H2. The molecular formula is C16H14N6O. The van der Waals surface area contributed by atoms with E-state index in [9.17, 15) is 4.79 Å². The zero-order valence-corrected chi connectivity index (χ0v) is 12.3. The van der Waals surface area contributed by atoms with Gasteiger partial charge < -0.3 is 9.47 Å². The molecular weight excluding hydrogens is 292 g/mol. The number of carbonyl (C=O) groups is 1. The Bertz CT molecular complexity index is 830. The molecule has 0 aromatic carbocycles. The normalized spacial score (nSPS) is 13.7. The van der Waals surface area contributed by atoms with E-state index in [-0.39, 0.29) is 5.91 Å². The van der Waals surface area contributed by atoms with E-state index in [1.165, 1.54) is 0 Å². The van der Waals surface area contributed by atoms with E-state index in [4.69, 9.17) is 0 Å². The van der Waals surface area contributed by atoms with E-state index in [0.717, 1.165) is 17.2 Å². The first-order valence-electron chi connectivity index (χ1n) is 7.36. The molecule has 7 nitrogen and oxygen atoms in total. The van der Waals surface area contributed by atoms with Crippen molar-refractivity contribution in [2.24, 2.45) is 0 Å². The van der Waals surface area contributed by atoms with E-state index < -0.39 is 0 Å². The Balaban J connectivity index is 1.60. The van der Waals surface area contributed by atoms with E-state index in [2.05, 4.69) is 20.2 Å². The first kappa shape index (κ1) is 13.6. The third kappa shape index (κ3) is 2.46. The molecule has 0 bridgehead atoms. The lowest BCUT2D eigenvalue weighted by molar-refractivity contribution is 0.0702. The second-order valence-electron chi connectivity index (χ2n) is 5.27. The molecule has 0 aliphatic carbocycles. The maximum Gasteiger partial charge on any atom is 0.272 e. The van der Waals surface area contributed by atoms with E-state index in [1.807, 2.05) is 22.8 Å². The highest BCUT2D eigenvalue weighted by molar-refractivity contribution is 5.92. The fourth-order valence-corrected chi connectivity index (χ4v) is 2.69. The molecule has 23 heavy (non-hydrogen) atoms. The third-order valence-electron chi connectivity index (χ3n) is 3.84. The molecule has 3 aromatic heterocycles. The summed E-state index contributed by atoms with van der Waals surface area (Å²) in [6, 6.07) is 9.16. The van der Waals surface area contributed by atoms with Crippen LogP contribution >= 0.6 is 0 Å². The monoisotopic (exact) mass is 306 g/mol. The second kappa shape index (κ2) is 5.60. The average molecular weight is 306 g/mol. The third-order valence-corrected chi connectivity index (χ3v) is 3.84. The van der Waals surface area contributed by atoms with Crippen molar-refractivity contribution < 1.29 is 4.79 Å². The van der Waals surface area contributed by atoms with Gasteiger partial charge in [0.1, 0.15) is 5.69 Å². The fraction of sp³-hybridized carbons (Fsp3) is 0.188. The van der Waals surface area contributed by atoms with Crippen LogP contribution in [0.15, 0.2) is 48.9 Å². The number of pyridine rings is 2. The molecule has 0 unspecified atom stereocenters. The molecule has 0 saturated heterocycles. The van der Waals surface area contributed by atoms with Gasteiger partial charge in [-0.3, -0.25) is 14.8 Å². The lowest BCUT2D eigenvalue weighted by atomic mass is 10.2. The van der Waals surface area contributed by atoms with Crippen LogP contribution < -0.4 is 0 Å². The first-order valence-corrected chi connectivity index (χ1v) is 7.36. The van der Waals surface area contributed by atoms with Crippen LogP contribution in [0.3, 0.4) is 0 Å². The minimum absolute atomic E-state index is 0.0808. The number of rotatable bonds is 2. The van der Waals surface area contributed by atoms with Gasteiger partial charge in [0.2, 0.25) is 0 Å². The van der Waals surface area contributed by atoms with Crippen molar-refractivity contribution in [3.05, 3.63) is 60.4 Å². The molecule has 0 radical (unpaired) electrons. The summed E-state index contributed by atoms with van der Waals surface area (Å²) in [7, 11) is 0. The molecule has 0 N–H and O–H groups in total. The lowest BCUT2D eigenvalue weighted by Crippen LogP contribution is -2.38.